The molecule has 4 rings (SSSR count). The van der Waals surface area contributed by atoms with Gasteiger partial charge in [0.15, 0.2) is 17.3 Å². The Morgan fingerprint density at radius 1 is 1.08 bits per heavy atom. The molecule has 9 nitrogen and oxygen atoms in total. The van der Waals surface area contributed by atoms with Gasteiger partial charge < -0.3 is 24.2 Å². The van der Waals surface area contributed by atoms with Crippen LogP contribution in [0.25, 0.3) is 11.4 Å². The molecule has 1 atom stereocenters. The zero-order valence-electron chi connectivity index (χ0n) is 21.0. The second-order valence-electron chi connectivity index (χ2n) is 8.39. The summed E-state index contributed by atoms with van der Waals surface area (Å²) in [6.45, 7) is 7.09. The Bertz CT molecular complexity index is 1310. The molecule has 1 aliphatic heterocycles. The molecule has 1 unspecified atom stereocenters. The minimum Gasteiger partial charge on any atom is -0.505 e. The van der Waals surface area contributed by atoms with E-state index in [1.54, 1.807) is 42.8 Å². The van der Waals surface area contributed by atoms with Crippen LogP contribution in [-0.2, 0) is 14.3 Å². The number of aliphatic hydroxyl groups excluding tert-OH is 1. The first-order chi connectivity index (χ1) is 17.4. The molecule has 9 heteroatoms. The molecule has 0 aliphatic carbocycles. The average Bonchev–Trinajstić information content (AvgIpc) is 3.33. The molecule has 0 radical (unpaired) electrons. The van der Waals surface area contributed by atoms with Crippen LogP contribution in [0, 0.1) is 6.92 Å². The molecule has 1 amide bonds. The van der Waals surface area contributed by atoms with Gasteiger partial charge in [-0.25, -0.2) is 4.98 Å². The predicted molar refractivity (Wildman–Crippen MR) is 134 cm³/mol. The highest BCUT2D eigenvalue weighted by Crippen LogP contribution is 2.42. The number of methoxy groups -OCH3 is 1. The van der Waals surface area contributed by atoms with Gasteiger partial charge in [0.1, 0.15) is 11.3 Å². The van der Waals surface area contributed by atoms with Crippen LogP contribution in [0.5, 0.6) is 11.5 Å². The molecule has 1 saturated heterocycles. The molecule has 36 heavy (non-hydrogen) atoms. The quantitative estimate of drug-likeness (QED) is 0.198. The first-order valence-electron chi connectivity index (χ1n) is 12.0. The predicted octanol–water partition coefficient (Wildman–Crippen LogP) is 3.90. The number of hydrogen-bond donors (Lipinski definition) is 1. The Morgan fingerprint density at radius 2 is 1.83 bits per heavy atom. The summed E-state index contributed by atoms with van der Waals surface area (Å²) in [6, 6.07) is 9.97. The third-order valence-electron chi connectivity index (χ3n) is 6.10. The van der Waals surface area contributed by atoms with Crippen molar-refractivity contribution in [2.45, 2.75) is 33.2 Å². The van der Waals surface area contributed by atoms with E-state index in [2.05, 4.69) is 4.98 Å². The number of Topliss-reactive ketones (excluding diaryl/α,β-unsaturated/α-hetero) is 1. The number of imidazole rings is 1. The molecule has 2 aromatic heterocycles. The number of ketones is 1. The minimum absolute atomic E-state index is 0.0118. The van der Waals surface area contributed by atoms with Gasteiger partial charge >= 0.3 is 0 Å². The first kappa shape index (κ1) is 25.2. The molecule has 1 aromatic carbocycles. The number of aromatic nitrogens is 2. The number of carbonyl (C=O) groups is 2. The number of amides is 1. The van der Waals surface area contributed by atoms with Crippen LogP contribution in [0.4, 0.5) is 0 Å². The van der Waals surface area contributed by atoms with Crippen LogP contribution < -0.4 is 9.47 Å². The number of fused-ring (bicyclic) bond motifs is 1. The molecule has 3 aromatic rings. The average molecular weight is 494 g/mol. The van der Waals surface area contributed by atoms with Crippen molar-refractivity contribution in [2.75, 3.05) is 33.5 Å². The lowest BCUT2D eigenvalue weighted by molar-refractivity contribution is -0.140. The molecule has 190 valence electrons. The molecule has 1 aliphatic rings. The van der Waals surface area contributed by atoms with Crippen LogP contribution in [0.2, 0.25) is 0 Å². The standard InChI is InChI=1S/C27H31N3O6/c1-5-35-19-12-11-18(16-20(19)36-6-2)24-22(26(32)27(33)30(24)14-9-15-34-4)25(31)23-17(3)28-21-10-7-8-13-29(21)23/h7-8,10-13,16,24,31H,5-6,9,14-15H2,1-4H3. The lowest BCUT2D eigenvalue weighted by atomic mass is 9.95. The van der Waals surface area contributed by atoms with Crippen LogP contribution in [0.3, 0.4) is 0 Å². The van der Waals surface area contributed by atoms with Gasteiger partial charge in [0, 0.05) is 26.5 Å². The lowest BCUT2D eigenvalue weighted by Gasteiger charge is -2.26. The van der Waals surface area contributed by atoms with Gasteiger partial charge in [-0.05, 0) is 57.0 Å². The highest BCUT2D eigenvalue weighted by Gasteiger charge is 2.46. The van der Waals surface area contributed by atoms with E-state index in [1.807, 2.05) is 32.0 Å². The topological polar surface area (TPSA) is 103 Å². The largest absolute Gasteiger partial charge is 0.505 e. The summed E-state index contributed by atoms with van der Waals surface area (Å²) in [6.07, 6.45) is 2.29. The number of benzene rings is 1. The van der Waals surface area contributed by atoms with Crippen molar-refractivity contribution in [3.63, 3.8) is 0 Å². The van der Waals surface area contributed by atoms with Crippen molar-refractivity contribution in [3.8, 4) is 11.5 Å². The highest BCUT2D eigenvalue weighted by atomic mass is 16.5. The third kappa shape index (κ3) is 4.54. The van der Waals surface area contributed by atoms with Crippen molar-refractivity contribution in [1.82, 2.24) is 14.3 Å². The number of aliphatic hydroxyl groups is 1. The number of aryl methyl sites for hydroxylation is 1. The summed E-state index contributed by atoms with van der Waals surface area (Å²) in [5.41, 5.74) is 2.19. The Labute approximate surface area is 209 Å². The van der Waals surface area contributed by atoms with Gasteiger partial charge in [0.2, 0.25) is 0 Å². The van der Waals surface area contributed by atoms with E-state index in [0.29, 0.717) is 60.3 Å². The van der Waals surface area contributed by atoms with E-state index in [0.717, 1.165) is 0 Å². The van der Waals surface area contributed by atoms with E-state index >= 15 is 0 Å². The second kappa shape index (κ2) is 10.8. The molecule has 1 N–H and O–H groups in total. The fourth-order valence-corrected chi connectivity index (χ4v) is 4.60. The number of pyridine rings is 1. The zero-order chi connectivity index (χ0) is 25.8. The summed E-state index contributed by atoms with van der Waals surface area (Å²) in [5, 5.41) is 11.5. The van der Waals surface area contributed by atoms with E-state index in [9.17, 15) is 14.7 Å². The Kier molecular flexibility index (Phi) is 7.59. The van der Waals surface area contributed by atoms with Gasteiger partial charge in [-0.1, -0.05) is 12.1 Å². The Hall–Kier alpha value is -3.85. The van der Waals surface area contributed by atoms with Crippen LogP contribution in [-0.4, -0.2) is 64.6 Å². The number of ether oxygens (including phenoxy) is 3. The second-order valence-corrected chi connectivity index (χ2v) is 8.39. The third-order valence-corrected chi connectivity index (χ3v) is 6.10. The summed E-state index contributed by atoms with van der Waals surface area (Å²) in [5.74, 6) is -0.610. The van der Waals surface area contributed by atoms with Gasteiger partial charge in [0.25, 0.3) is 11.7 Å². The fourth-order valence-electron chi connectivity index (χ4n) is 4.60. The summed E-state index contributed by atoms with van der Waals surface area (Å²) >= 11 is 0. The maximum Gasteiger partial charge on any atom is 0.295 e. The van der Waals surface area contributed by atoms with E-state index in [-0.39, 0.29) is 17.9 Å². The molecule has 0 saturated carbocycles. The number of likely N-dealkylation sites (tertiary alicyclic amines) is 1. The van der Waals surface area contributed by atoms with Crippen LogP contribution >= 0.6 is 0 Å². The summed E-state index contributed by atoms with van der Waals surface area (Å²) in [7, 11) is 1.58. The maximum atomic E-state index is 13.4. The van der Waals surface area contributed by atoms with Crippen molar-refractivity contribution >= 4 is 23.1 Å². The molecular weight excluding hydrogens is 462 g/mol. The smallest absolute Gasteiger partial charge is 0.295 e. The lowest BCUT2D eigenvalue weighted by Crippen LogP contribution is -2.31. The molecular formula is C27H31N3O6. The van der Waals surface area contributed by atoms with Crippen LogP contribution in [0.15, 0.2) is 48.2 Å². The van der Waals surface area contributed by atoms with Crippen molar-refractivity contribution in [2.24, 2.45) is 0 Å². The Balaban J connectivity index is 1.91. The summed E-state index contributed by atoms with van der Waals surface area (Å²) < 4.78 is 18.4. The minimum atomic E-state index is -0.814. The van der Waals surface area contributed by atoms with Gasteiger partial charge in [0.05, 0.1) is 30.5 Å². The van der Waals surface area contributed by atoms with Gasteiger partial charge in [-0.2, -0.15) is 0 Å². The van der Waals surface area contributed by atoms with Crippen LogP contribution in [0.1, 0.15) is 43.3 Å². The molecule has 0 spiro atoms. The maximum absolute atomic E-state index is 13.4. The SMILES string of the molecule is CCOc1ccc(C2C(=C(O)c3c(C)nc4ccccn34)C(=O)C(=O)N2CCCOC)cc1OCC. The zero-order valence-corrected chi connectivity index (χ0v) is 21.0. The highest BCUT2D eigenvalue weighted by molar-refractivity contribution is 6.46. The normalized spacial score (nSPS) is 17.2. The van der Waals surface area contributed by atoms with E-state index < -0.39 is 17.7 Å². The van der Waals surface area contributed by atoms with Gasteiger partial charge in [-0.15, -0.1) is 0 Å². The number of carbonyl (C=O) groups excluding carboxylic acids is 2. The number of hydrogen-bond acceptors (Lipinski definition) is 7. The monoisotopic (exact) mass is 493 g/mol. The van der Waals surface area contributed by atoms with Crippen molar-refractivity contribution < 1.29 is 28.9 Å². The van der Waals surface area contributed by atoms with Crippen molar-refractivity contribution in [1.29, 1.82) is 0 Å². The molecule has 0 bridgehead atoms. The number of nitrogens with zero attached hydrogens (tertiary/aromatic N) is 3. The van der Waals surface area contributed by atoms with E-state index in [4.69, 9.17) is 14.2 Å². The fraction of sp³-hybridized carbons (Fsp3) is 0.370. The molecule has 1 fully saturated rings. The first-order valence-corrected chi connectivity index (χ1v) is 12.0. The van der Waals surface area contributed by atoms with E-state index in [1.165, 1.54) is 4.90 Å². The van der Waals surface area contributed by atoms with Crippen molar-refractivity contribution in [3.05, 3.63) is 65.1 Å². The molecule has 3 heterocycles. The Morgan fingerprint density at radius 3 is 2.56 bits per heavy atom. The van der Waals surface area contributed by atoms with Gasteiger partial charge in [-0.3, -0.25) is 14.0 Å². The number of rotatable bonds is 10. The summed E-state index contributed by atoms with van der Waals surface area (Å²) in [4.78, 5) is 32.6.